The Morgan fingerprint density at radius 3 is 2.36 bits per heavy atom. The molecule has 4 aromatic rings. The molecule has 0 aromatic heterocycles. The van der Waals surface area contributed by atoms with Crippen molar-refractivity contribution in [2.45, 2.75) is 6.61 Å². The summed E-state index contributed by atoms with van der Waals surface area (Å²) in [5, 5.41) is 6.38. The summed E-state index contributed by atoms with van der Waals surface area (Å²) in [5.74, 6) is 1.46. The van der Waals surface area contributed by atoms with Crippen molar-refractivity contribution in [1.29, 1.82) is 0 Å². The molecule has 1 amide bonds. The normalized spacial score (nSPS) is 10.8. The molecule has 0 unspecified atom stereocenters. The molecule has 6 heteroatoms. The lowest BCUT2D eigenvalue weighted by Gasteiger charge is -2.09. The summed E-state index contributed by atoms with van der Waals surface area (Å²) >= 11 is 0. The Bertz CT molecular complexity index is 1250. The molecule has 0 saturated carbocycles. The van der Waals surface area contributed by atoms with Crippen LogP contribution >= 0.6 is 0 Å². The van der Waals surface area contributed by atoms with E-state index in [1.807, 2.05) is 48.5 Å². The van der Waals surface area contributed by atoms with Gasteiger partial charge in [0.25, 0.3) is 5.91 Å². The molecule has 0 atom stereocenters. The third-order valence-electron chi connectivity index (χ3n) is 4.93. The highest BCUT2D eigenvalue weighted by Crippen LogP contribution is 2.25. The summed E-state index contributed by atoms with van der Waals surface area (Å²) in [4.78, 5) is 12.0. The molecule has 4 rings (SSSR count). The third-order valence-corrected chi connectivity index (χ3v) is 4.93. The van der Waals surface area contributed by atoms with Gasteiger partial charge in [0.2, 0.25) is 0 Å². The maximum absolute atomic E-state index is 12.0. The standard InChI is InChI=1S/C27H24N2O4/c1-31-25-8-4-5-9-26(25)33-19-27(30)29-28-17-20-11-14-24(15-12-20)32-18-21-10-13-22-6-2-3-7-23(22)16-21/h2-17H,18-19H2,1H3,(H,29,30)/b28-17-. The molecular weight excluding hydrogens is 416 g/mol. The van der Waals surface area contributed by atoms with E-state index in [1.54, 1.807) is 25.5 Å². The van der Waals surface area contributed by atoms with E-state index >= 15 is 0 Å². The Labute approximate surface area is 192 Å². The van der Waals surface area contributed by atoms with Gasteiger partial charge in [-0.2, -0.15) is 5.10 Å². The first-order chi connectivity index (χ1) is 16.2. The molecule has 0 heterocycles. The number of para-hydroxylation sites is 2. The van der Waals surface area contributed by atoms with E-state index in [2.05, 4.69) is 40.9 Å². The van der Waals surface area contributed by atoms with Crippen LogP contribution in [0.5, 0.6) is 17.2 Å². The summed E-state index contributed by atoms with van der Waals surface area (Å²) in [5.41, 5.74) is 4.39. The molecule has 0 radical (unpaired) electrons. The van der Waals surface area contributed by atoms with Crippen LogP contribution in [-0.4, -0.2) is 25.8 Å². The van der Waals surface area contributed by atoms with Gasteiger partial charge in [0, 0.05) is 0 Å². The van der Waals surface area contributed by atoms with Gasteiger partial charge < -0.3 is 14.2 Å². The second kappa shape index (κ2) is 10.8. The molecule has 0 aliphatic carbocycles. The first-order valence-electron chi connectivity index (χ1n) is 10.5. The van der Waals surface area contributed by atoms with E-state index in [0.29, 0.717) is 18.1 Å². The number of benzene rings is 4. The minimum absolute atomic E-state index is 0.167. The fourth-order valence-electron chi connectivity index (χ4n) is 3.24. The smallest absolute Gasteiger partial charge is 0.277 e. The van der Waals surface area contributed by atoms with Crippen LogP contribution in [0.1, 0.15) is 11.1 Å². The van der Waals surface area contributed by atoms with Crippen molar-refractivity contribution in [3.05, 3.63) is 102 Å². The Morgan fingerprint density at radius 2 is 1.58 bits per heavy atom. The van der Waals surface area contributed by atoms with Crippen molar-refractivity contribution in [1.82, 2.24) is 5.43 Å². The second-order valence-corrected chi connectivity index (χ2v) is 7.27. The van der Waals surface area contributed by atoms with Crippen LogP contribution in [-0.2, 0) is 11.4 Å². The summed E-state index contributed by atoms with van der Waals surface area (Å²) in [6.45, 7) is 0.319. The maximum Gasteiger partial charge on any atom is 0.277 e. The predicted molar refractivity (Wildman–Crippen MR) is 129 cm³/mol. The van der Waals surface area contributed by atoms with Crippen LogP contribution in [0.25, 0.3) is 10.8 Å². The lowest BCUT2D eigenvalue weighted by atomic mass is 10.1. The van der Waals surface area contributed by atoms with Crippen molar-refractivity contribution in [3.63, 3.8) is 0 Å². The van der Waals surface area contributed by atoms with Gasteiger partial charge in [0.1, 0.15) is 12.4 Å². The number of fused-ring (bicyclic) bond motifs is 1. The number of hydrazone groups is 1. The quantitative estimate of drug-likeness (QED) is 0.295. The number of hydrogen-bond donors (Lipinski definition) is 1. The second-order valence-electron chi connectivity index (χ2n) is 7.27. The molecule has 4 aromatic carbocycles. The van der Waals surface area contributed by atoms with Crippen LogP contribution < -0.4 is 19.6 Å². The number of rotatable bonds is 9. The highest BCUT2D eigenvalue weighted by atomic mass is 16.5. The monoisotopic (exact) mass is 440 g/mol. The Balaban J connectivity index is 1.24. The largest absolute Gasteiger partial charge is 0.493 e. The molecule has 0 bridgehead atoms. The number of nitrogens with one attached hydrogen (secondary N) is 1. The van der Waals surface area contributed by atoms with E-state index in [4.69, 9.17) is 14.2 Å². The van der Waals surface area contributed by atoms with E-state index in [0.717, 1.165) is 16.9 Å². The van der Waals surface area contributed by atoms with Crippen LogP contribution in [0.2, 0.25) is 0 Å². The number of carbonyl (C=O) groups excluding carboxylic acids is 1. The van der Waals surface area contributed by atoms with Gasteiger partial charge in [-0.15, -0.1) is 0 Å². The van der Waals surface area contributed by atoms with E-state index < -0.39 is 0 Å². The van der Waals surface area contributed by atoms with Crippen molar-refractivity contribution in [2.24, 2.45) is 5.10 Å². The SMILES string of the molecule is COc1ccccc1OCC(=O)N/N=C\c1ccc(OCc2ccc3ccccc3c2)cc1. The summed E-state index contributed by atoms with van der Waals surface area (Å²) in [6.07, 6.45) is 1.56. The number of carbonyl (C=O) groups is 1. The zero-order valence-electron chi connectivity index (χ0n) is 18.2. The number of amides is 1. The fraction of sp³-hybridized carbons (Fsp3) is 0.111. The van der Waals surface area contributed by atoms with E-state index in [1.165, 1.54) is 10.8 Å². The van der Waals surface area contributed by atoms with Crippen molar-refractivity contribution in [3.8, 4) is 17.2 Å². The topological polar surface area (TPSA) is 69.2 Å². The molecule has 166 valence electrons. The summed E-state index contributed by atoms with van der Waals surface area (Å²) < 4.78 is 16.5. The molecule has 0 aliphatic heterocycles. The van der Waals surface area contributed by atoms with Gasteiger partial charge in [-0.3, -0.25) is 4.79 Å². The molecule has 0 aliphatic rings. The Hall–Kier alpha value is -4.32. The number of ether oxygens (including phenoxy) is 3. The van der Waals surface area contributed by atoms with Gasteiger partial charge in [-0.05, 0) is 64.4 Å². The van der Waals surface area contributed by atoms with Gasteiger partial charge in [-0.25, -0.2) is 5.43 Å². The maximum atomic E-state index is 12.0. The van der Waals surface area contributed by atoms with Gasteiger partial charge in [-0.1, -0.05) is 48.5 Å². The van der Waals surface area contributed by atoms with Gasteiger partial charge >= 0.3 is 0 Å². The van der Waals surface area contributed by atoms with E-state index in [9.17, 15) is 4.79 Å². The fourth-order valence-corrected chi connectivity index (χ4v) is 3.24. The van der Waals surface area contributed by atoms with Crippen molar-refractivity contribution in [2.75, 3.05) is 13.7 Å². The minimum atomic E-state index is -0.368. The zero-order chi connectivity index (χ0) is 22.9. The molecule has 33 heavy (non-hydrogen) atoms. The molecule has 1 N–H and O–H groups in total. The first-order valence-corrected chi connectivity index (χ1v) is 10.5. The predicted octanol–water partition coefficient (Wildman–Crippen LogP) is 4.96. The number of methoxy groups -OCH3 is 1. The lowest BCUT2D eigenvalue weighted by molar-refractivity contribution is -0.123. The average molecular weight is 440 g/mol. The summed E-state index contributed by atoms with van der Waals surface area (Å²) in [7, 11) is 1.55. The number of nitrogens with zero attached hydrogens (tertiary/aromatic N) is 1. The molecule has 6 nitrogen and oxygen atoms in total. The van der Waals surface area contributed by atoms with Crippen LogP contribution in [0.4, 0.5) is 0 Å². The Morgan fingerprint density at radius 1 is 0.848 bits per heavy atom. The molecular formula is C27H24N2O4. The number of hydrogen-bond acceptors (Lipinski definition) is 5. The highest BCUT2D eigenvalue weighted by Gasteiger charge is 2.06. The first kappa shape index (κ1) is 21.9. The van der Waals surface area contributed by atoms with Crippen LogP contribution in [0.15, 0.2) is 96.1 Å². The minimum Gasteiger partial charge on any atom is -0.493 e. The molecule has 0 saturated heterocycles. The zero-order valence-corrected chi connectivity index (χ0v) is 18.2. The third kappa shape index (κ3) is 6.11. The molecule has 0 fully saturated rings. The molecule has 0 spiro atoms. The van der Waals surface area contributed by atoms with Crippen molar-refractivity contribution < 1.29 is 19.0 Å². The summed E-state index contributed by atoms with van der Waals surface area (Å²) in [6, 6.07) is 29.2. The average Bonchev–Trinajstić information content (AvgIpc) is 2.87. The Kier molecular flexibility index (Phi) is 7.18. The van der Waals surface area contributed by atoms with Gasteiger partial charge in [0.15, 0.2) is 18.1 Å². The van der Waals surface area contributed by atoms with Crippen LogP contribution in [0, 0.1) is 0 Å². The van der Waals surface area contributed by atoms with E-state index in [-0.39, 0.29) is 12.5 Å². The van der Waals surface area contributed by atoms with Gasteiger partial charge in [0.05, 0.1) is 13.3 Å². The van der Waals surface area contributed by atoms with Crippen molar-refractivity contribution >= 4 is 22.9 Å². The highest BCUT2D eigenvalue weighted by molar-refractivity contribution is 5.83. The lowest BCUT2D eigenvalue weighted by Crippen LogP contribution is -2.24. The van der Waals surface area contributed by atoms with Crippen LogP contribution in [0.3, 0.4) is 0 Å².